The summed E-state index contributed by atoms with van der Waals surface area (Å²) in [6, 6.07) is 9.80. The number of hydrogen-bond acceptors (Lipinski definition) is 7. The van der Waals surface area contributed by atoms with Crippen molar-refractivity contribution in [3.8, 4) is 0 Å². The van der Waals surface area contributed by atoms with Crippen molar-refractivity contribution < 1.29 is 4.79 Å². The highest BCUT2D eigenvalue weighted by Crippen LogP contribution is 2.33. The van der Waals surface area contributed by atoms with Crippen LogP contribution in [-0.2, 0) is 11.3 Å². The Kier molecular flexibility index (Phi) is 4.62. The van der Waals surface area contributed by atoms with Gasteiger partial charge in [0.15, 0.2) is 5.82 Å². The number of nitrogens with zero attached hydrogens (tertiary/aromatic N) is 4. The number of nitrogens with one attached hydrogen (secondary N) is 3. The lowest BCUT2D eigenvalue weighted by atomic mass is 10.3. The van der Waals surface area contributed by atoms with Crippen molar-refractivity contribution in [2.24, 2.45) is 5.92 Å². The first-order chi connectivity index (χ1) is 14.5. The van der Waals surface area contributed by atoms with Gasteiger partial charge in [0.2, 0.25) is 5.91 Å². The number of carbonyl (C=O) groups excluding carboxylic acids is 1. The van der Waals surface area contributed by atoms with Gasteiger partial charge in [-0.05, 0) is 56.0 Å². The third kappa shape index (κ3) is 3.99. The summed E-state index contributed by atoms with van der Waals surface area (Å²) in [4.78, 5) is 17.4. The molecule has 1 amide bonds. The smallest absolute Gasteiger partial charge is 0.227 e. The van der Waals surface area contributed by atoms with Gasteiger partial charge in [0.25, 0.3) is 0 Å². The van der Waals surface area contributed by atoms with Gasteiger partial charge in [-0.2, -0.15) is 5.10 Å². The minimum absolute atomic E-state index is 0.114. The summed E-state index contributed by atoms with van der Waals surface area (Å²) in [7, 11) is 0. The zero-order valence-corrected chi connectivity index (χ0v) is 17.2. The first-order valence-electron chi connectivity index (χ1n) is 9.74. The molecule has 0 saturated heterocycles. The Morgan fingerprint density at radius 1 is 1.30 bits per heavy atom. The second kappa shape index (κ2) is 7.45. The van der Waals surface area contributed by atoms with Gasteiger partial charge in [0.05, 0.1) is 18.9 Å². The molecular weight excluding hydrogens is 400 g/mol. The van der Waals surface area contributed by atoms with Crippen molar-refractivity contribution in [2.45, 2.75) is 31.2 Å². The van der Waals surface area contributed by atoms with Crippen molar-refractivity contribution in [2.75, 3.05) is 16.4 Å². The number of H-pyrrole nitrogens is 1. The number of aromatic nitrogens is 4. The molecule has 10 heteroatoms. The molecule has 0 bridgehead atoms. The fourth-order valence-corrected chi connectivity index (χ4v) is 4.09. The number of fused-ring (bicyclic) bond motifs is 1. The van der Waals surface area contributed by atoms with E-state index in [9.17, 15) is 4.79 Å². The molecule has 2 aromatic heterocycles. The standard InChI is InChI=1S/C20H22N8OS/c1-12-8-17(26-25-12)24-19-11-27(10-18-23-16(21)9-28(18)19)30-15-6-4-14(5-7-15)22-20(29)13-2-3-13/h4-9,11,13H,2-3,10,21H2,1H3,(H,22,29)(H2,24,25,26). The van der Waals surface area contributed by atoms with Gasteiger partial charge in [-0.3, -0.25) is 14.5 Å². The SMILES string of the molecule is Cc1cc(NC2=CN(Sc3ccc(NC(=O)C4CC4)cc3)Cc3nc(N)cn32)n[nH]1. The molecule has 30 heavy (non-hydrogen) atoms. The maximum absolute atomic E-state index is 11.9. The summed E-state index contributed by atoms with van der Waals surface area (Å²) in [5.41, 5.74) is 7.73. The number of hydrogen-bond donors (Lipinski definition) is 4. The number of amides is 1. The molecule has 1 fully saturated rings. The average molecular weight is 423 g/mol. The number of aryl methyl sites for hydroxylation is 1. The van der Waals surface area contributed by atoms with Crippen molar-refractivity contribution in [1.82, 2.24) is 24.1 Å². The molecule has 5 rings (SSSR count). The lowest BCUT2D eigenvalue weighted by Crippen LogP contribution is -2.23. The minimum atomic E-state index is 0.114. The Hall–Kier alpha value is -3.40. The number of nitrogen functional groups attached to an aromatic ring is 1. The van der Waals surface area contributed by atoms with Crippen LogP contribution in [0.1, 0.15) is 24.4 Å². The highest BCUT2D eigenvalue weighted by atomic mass is 32.2. The Labute approximate surface area is 177 Å². The van der Waals surface area contributed by atoms with Gasteiger partial charge in [0.1, 0.15) is 17.5 Å². The van der Waals surface area contributed by atoms with Crippen LogP contribution in [0.15, 0.2) is 47.6 Å². The van der Waals surface area contributed by atoms with Crippen LogP contribution < -0.4 is 16.4 Å². The minimum Gasteiger partial charge on any atom is -0.382 e. The van der Waals surface area contributed by atoms with Crippen LogP contribution in [0, 0.1) is 12.8 Å². The molecule has 2 aliphatic rings. The largest absolute Gasteiger partial charge is 0.382 e. The van der Waals surface area contributed by atoms with Crippen LogP contribution in [-0.4, -0.2) is 30.0 Å². The molecule has 5 N–H and O–H groups in total. The summed E-state index contributed by atoms with van der Waals surface area (Å²) in [5.74, 6) is 3.15. The predicted molar refractivity (Wildman–Crippen MR) is 117 cm³/mol. The second-order valence-corrected chi connectivity index (χ2v) is 8.60. The lowest BCUT2D eigenvalue weighted by Gasteiger charge is -2.26. The second-order valence-electron chi connectivity index (χ2n) is 7.48. The van der Waals surface area contributed by atoms with Crippen LogP contribution in [0.4, 0.5) is 17.3 Å². The Balaban J connectivity index is 1.32. The van der Waals surface area contributed by atoms with Crippen molar-refractivity contribution >= 4 is 41.0 Å². The van der Waals surface area contributed by atoms with E-state index in [-0.39, 0.29) is 11.8 Å². The normalized spacial score (nSPS) is 15.5. The number of anilines is 3. The van der Waals surface area contributed by atoms with Gasteiger partial charge in [-0.15, -0.1) is 0 Å². The van der Waals surface area contributed by atoms with E-state index < -0.39 is 0 Å². The molecule has 0 unspecified atom stereocenters. The summed E-state index contributed by atoms with van der Waals surface area (Å²) in [6.07, 6.45) is 5.80. The number of aromatic amines is 1. The zero-order valence-electron chi connectivity index (χ0n) is 16.4. The van der Waals surface area contributed by atoms with E-state index in [0.717, 1.165) is 46.6 Å². The molecule has 0 spiro atoms. The van der Waals surface area contributed by atoms with Crippen LogP contribution in [0.3, 0.4) is 0 Å². The predicted octanol–water partition coefficient (Wildman–Crippen LogP) is 3.24. The summed E-state index contributed by atoms with van der Waals surface area (Å²) in [5, 5.41) is 13.5. The average Bonchev–Trinajstić information content (AvgIpc) is 3.39. The molecule has 9 nitrogen and oxygen atoms in total. The number of carbonyl (C=O) groups is 1. The molecular formula is C20H22N8OS. The number of benzene rings is 1. The molecule has 1 aliphatic carbocycles. The van der Waals surface area contributed by atoms with Gasteiger partial charge < -0.3 is 20.7 Å². The number of nitrogens with two attached hydrogens (primary N) is 1. The summed E-state index contributed by atoms with van der Waals surface area (Å²) in [6.45, 7) is 2.56. The molecule has 154 valence electrons. The number of imidazole rings is 1. The van der Waals surface area contributed by atoms with Crippen LogP contribution >= 0.6 is 11.9 Å². The van der Waals surface area contributed by atoms with Crippen molar-refractivity contribution in [1.29, 1.82) is 0 Å². The maximum Gasteiger partial charge on any atom is 0.227 e. The van der Waals surface area contributed by atoms with E-state index in [4.69, 9.17) is 5.73 Å². The Morgan fingerprint density at radius 2 is 2.10 bits per heavy atom. The van der Waals surface area contributed by atoms with Crippen LogP contribution in [0.25, 0.3) is 5.82 Å². The fourth-order valence-electron chi connectivity index (χ4n) is 3.23. The molecule has 3 aromatic rings. The van der Waals surface area contributed by atoms with E-state index in [1.165, 1.54) is 0 Å². The molecule has 1 saturated carbocycles. The topological polar surface area (TPSA) is 117 Å². The van der Waals surface area contributed by atoms with Gasteiger partial charge in [-0.25, -0.2) is 4.98 Å². The van der Waals surface area contributed by atoms with Gasteiger partial charge in [0, 0.05) is 28.3 Å². The third-order valence-corrected chi connectivity index (χ3v) is 5.83. The van der Waals surface area contributed by atoms with Crippen molar-refractivity contribution in [3.05, 3.63) is 54.2 Å². The van der Waals surface area contributed by atoms with E-state index >= 15 is 0 Å². The van der Waals surface area contributed by atoms with E-state index in [2.05, 4.69) is 30.1 Å². The third-order valence-electron chi connectivity index (χ3n) is 4.88. The van der Waals surface area contributed by atoms with E-state index in [1.54, 1.807) is 18.1 Å². The maximum atomic E-state index is 11.9. The lowest BCUT2D eigenvalue weighted by molar-refractivity contribution is -0.117. The number of rotatable bonds is 6. The molecule has 1 aromatic carbocycles. The first kappa shape index (κ1) is 18.6. The van der Waals surface area contributed by atoms with Crippen molar-refractivity contribution in [3.63, 3.8) is 0 Å². The molecule has 3 heterocycles. The monoisotopic (exact) mass is 422 g/mol. The van der Waals surface area contributed by atoms with Gasteiger partial charge in [-0.1, -0.05) is 0 Å². The van der Waals surface area contributed by atoms with Crippen LogP contribution in [0.2, 0.25) is 0 Å². The zero-order chi connectivity index (χ0) is 20.7. The quantitative estimate of drug-likeness (QED) is 0.451. The molecule has 0 atom stereocenters. The molecule has 0 radical (unpaired) electrons. The molecule has 1 aliphatic heterocycles. The fraction of sp³-hybridized carbons (Fsp3) is 0.250. The van der Waals surface area contributed by atoms with Crippen LogP contribution in [0.5, 0.6) is 0 Å². The first-order valence-corrected chi connectivity index (χ1v) is 10.5. The summed E-state index contributed by atoms with van der Waals surface area (Å²) < 4.78 is 4.02. The van der Waals surface area contributed by atoms with E-state index in [0.29, 0.717) is 12.4 Å². The van der Waals surface area contributed by atoms with E-state index in [1.807, 2.05) is 48.0 Å². The summed E-state index contributed by atoms with van der Waals surface area (Å²) >= 11 is 1.59. The van der Waals surface area contributed by atoms with Gasteiger partial charge >= 0.3 is 0 Å². The Morgan fingerprint density at radius 3 is 2.80 bits per heavy atom. The highest BCUT2D eigenvalue weighted by Gasteiger charge is 2.29. The highest BCUT2D eigenvalue weighted by molar-refractivity contribution is 7.97. The Bertz CT molecular complexity index is 1110.